The largest absolute Gasteiger partial charge is 0.497 e. The summed E-state index contributed by atoms with van der Waals surface area (Å²) in [7, 11) is 5.26. The van der Waals surface area contributed by atoms with Crippen LogP contribution in [0.2, 0.25) is 0 Å². The molecule has 0 bridgehead atoms. The number of carbonyl (C=O) groups excluding carboxylic acids is 2. The van der Waals surface area contributed by atoms with Crippen LogP contribution in [-0.2, 0) is 9.59 Å². The van der Waals surface area contributed by atoms with Crippen molar-refractivity contribution in [2.24, 2.45) is 5.92 Å². The molecule has 0 aliphatic carbocycles. The number of ether oxygens (including phenoxy) is 1. The first-order valence-corrected chi connectivity index (χ1v) is 8.40. The third-order valence-corrected chi connectivity index (χ3v) is 5.29. The summed E-state index contributed by atoms with van der Waals surface area (Å²) in [5, 5.41) is 3.29. The van der Waals surface area contributed by atoms with E-state index in [1.165, 1.54) is 0 Å². The van der Waals surface area contributed by atoms with Crippen LogP contribution in [0.15, 0.2) is 24.3 Å². The molecule has 2 aliphatic rings. The molecule has 0 aromatic heterocycles. The number of rotatable bonds is 4. The highest BCUT2D eigenvalue weighted by Gasteiger charge is 2.44. The summed E-state index contributed by atoms with van der Waals surface area (Å²) in [4.78, 5) is 28.8. The average Bonchev–Trinajstić information content (AvgIpc) is 3.23. The van der Waals surface area contributed by atoms with E-state index in [0.29, 0.717) is 0 Å². The first-order valence-electron chi connectivity index (χ1n) is 8.40. The summed E-state index contributed by atoms with van der Waals surface area (Å²) in [5.41, 5.74) is 0.973. The molecular weight excluding hydrogens is 306 g/mol. The number of nitrogens with zero attached hydrogens (tertiary/aromatic N) is 2. The van der Waals surface area contributed by atoms with E-state index in [0.717, 1.165) is 30.8 Å². The SMILES string of the molecule is COc1ccc([C@@H]2[C@H](C(=O)N(C)[C@@H]3CCNC3)CC(=O)N2C)cc1. The predicted molar refractivity (Wildman–Crippen MR) is 90.7 cm³/mol. The van der Waals surface area contributed by atoms with Gasteiger partial charge < -0.3 is 19.9 Å². The number of methoxy groups -OCH3 is 1. The van der Waals surface area contributed by atoms with Crippen LogP contribution in [0.25, 0.3) is 0 Å². The molecule has 1 aromatic rings. The van der Waals surface area contributed by atoms with Crippen LogP contribution >= 0.6 is 0 Å². The molecule has 0 spiro atoms. The first kappa shape index (κ1) is 16.8. The van der Waals surface area contributed by atoms with E-state index in [1.807, 2.05) is 36.2 Å². The van der Waals surface area contributed by atoms with Crippen molar-refractivity contribution in [3.05, 3.63) is 29.8 Å². The van der Waals surface area contributed by atoms with Gasteiger partial charge in [-0.05, 0) is 30.7 Å². The van der Waals surface area contributed by atoms with Gasteiger partial charge in [-0.25, -0.2) is 0 Å². The zero-order chi connectivity index (χ0) is 17.3. The Bertz CT molecular complexity index is 610. The number of likely N-dealkylation sites (N-methyl/N-ethyl adjacent to an activating group) is 1. The minimum Gasteiger partial charge on any atom is -0.497 e. The minimum atomic E-state index is -0.332. The summed E-state index contributed by atoms with van der Waals surface area (Å²) in [6, 6.07) is 7.63. The molecule has 3 atom stereocenters. The highest BCUT2D eigenvalue weighted by molar-refractivity contribution is 5.90. The molecule has 2 saturated heterocycles. The van der Waals surface area contributed by atoms with E-state index in [1.54, 1.807) is 19.1 Å². The Labute approximate surface area is 142 Å². The van der Waals surface area contributed by atoms with Gasteiger partial charge in [0.1, 0.15) is 5.75 Å². The lowest BCUT2D eigenvalue weighted by Crippen LogP contribution is -2.43. The van der Waals surface area contributed by atoms with Crippen LogP contribution in [-0.4, -0.2) is 62.0 Å². The van der Waals surface area contributed by atoms with Gasteiger partial charge in [0.05, 0.1) is 19.1 Å². The highest BCUT2D eigenvalue weighted by Crippen LogP contribution is 2.38. The van der Waals surface area contributed by atoms with Gasteiger partial charge in [0.2, 0.25) is 11.8 Å². The minimum absolute atomic E-state index is 0.0205. The molecule has 1 aromatic carbocycles. The topological polar surface area (TPSA) is 61.9 Å². The van der Waals surface area contributed by atoms with Crippen LogP contribution in [0.1, 0.15) is 24.4 Å². The van der Waals surface area contributed by atoms with Gasteiger partial charge in [0.25, 0.3) is 0 Å². The summed E-state index contributed by atoms with van der Waals surface area (Å²) in [5.74, 6) is 0.513. The van der Waals surface area contributed by atoms with Crippen LogP contribution in [0.5, 0.6) is 5.75 Å². The maximum atomic E-state index is 13.0. The Morgan fingerprint density at radius 2 is 2.04 bits per heavy atom. The Hall–Kier alpha value is -2.08. The summed E-state index contributed by atoms with van der Waals surface area (Å²) in [6.45, 7) is 1.76. The summed E-state index contributed by atoms with van der Waals surface area (Å²) in [6.07, 6.45) is 1.24. The zero-order valence-electron chi connectivity index (χ0n) is 14.5. The molecule has 3 rings (SSSR count). The molecule has 130 valence electrons. The third-order valence-electron chi connectivity index (χ3n) is 5.29. The van der Waals surface area contributed by atoms with Crippen molar-refractivity contribution < 1.29 is 14.3 Å². The quantitative estimate of drug-likeness (QED) is 0.895. The molecule has 24 heavy (non-hydrogen) atoms. The van der Waals surface area contributed by atoms with Crippen molar-refractivity contribution in [2.75, 3.05) is 34.3 Å². The molecule has 1 N–H and O–H groups in total. The van der Waals surface area contributed by atoms with Gasteiger partial charge in [-0.1, -0.05) is 12.1 Å². The van der Waals surface area contributed by atoms with Crippen molar-refractivity contribution in [3.8, 4) is 5.75 Å². The molecular formula is C18H25N3O3. The van der Waals surface area contributed by atoms with Crippen molar-refractivity contribution in [2.45, 2.75) is 24.9 Å². The third kappa shape index (κ3) is 2.98. The molecule has 0 radical (unpaired) electrons. The highest BCUT2D eigenvalue weighted by atomic mass is 16.5. The molecule has 6 nitrogen and oxygen atoms in total. The zero-order valence-corrected chi connectivity index (χ0v) is 14.5. The van der Waals surface area contributed by atoms with Crippen molar-refractivity contribution in [1.29, 1.82) is 0 Å². The second-order valence-electron chi connectivity index (χ2n) is 6.63. The lowest BCUT2D eigenvalue weighted by Gasteiger charge is -2.30. The lowest BCUT2D eigenvalue weighted by molar-refractivity contribution is -0.137. The Morgan fingerprint density at radius 3 is 2.62 bits per heavy atom. The molecule has 0 unspecified atom stereocenters. The number of amides is 2. The molecule has 6 heteroatoms. The van der Waals surface area contributed by atoms with E-state index < -0.39 is 0 Å². The Balaban J connectivity index is 1.84. The molecule has 2 heterocycles. The van der Waals surface area contributed by atoms with E-state index in [2.05, 4.69) is 5.32 Å². The van der Waals surface area contributed by atoms with Gasteiger partial charge in [-0.2, -0.15) is 0 Å². The maximum absolute atomic E-state index is 13.0. The monoisotopic (exact) mass is 331 g/mol. The number of carbonyl (C=O) groups is 2. The maximum Gasteiger partial charge on any atom is 0.228 e. The van der Waals surface area contributed by atoms with E-state index in [4.69, 9.17) is 4.74 Å². The second kappa shape index (κ2) is 6.81. The van der Waals surface area contributed by atoms with Crippen molar-refractivity contribution in [3.63, 3.8) is 0 Å². The average molecular weight is 331 g/mol. The standard InChI is InChI=1S/C18H25N3O3/c1-20(13-8-9-19-11-13)18(23)15-10-16(22)21(2)17(15)12-4-6-14(24-3)7-5-12/h4-7,13,15,17,19H,8-11H2,1-3H3/t13-,15-,17-/m1/s1. The lowest BCUT2D eigenvalue weighted by atomic mass is 9.92. The van der Waals surface area contributed by atoms with Gasteiger partial charge in [0.15, 0.2) is 0 Å². The number of benzene rings is 1. The van der Waals surface area contributed by atoms with Crippen molar-refractivity contribution >= 4 is 11.8 Å². The smallest absolute Gasteiger partial charge is 0.228 e. The molecule has 2 fully saturated rings. The second-order valence-corrected chi connectivity index (χ2v) is 6.63. The van der Waals surface area contributed by atoms with E-state index >= 15 is 0 Å². The van der Waals surface area contributed by atoms with Crippen LogP contribution < -0.4 is 10.1 Å². The van der Waals surface area contributed by atoms with Gasteiger partial charge in [0, 0.05) is 33.1 Å². The fourth-order valence-electron chi connectivity index (χ4n) is 3.76. The number of hydrogen-bond acceptors (Lipinski definition) is 4. The van der Waals surface area contributed by atoms with Gasteiger partial charge >= 0.3 is 0 Å². The van der Waals surface area contributed by atoms with Crippen LogP contribution in [0, 0.1) is 5.92 Å². The van der Waals surface area contributed by atoms with Gasteiger partial charge in [-0.3, -0.25) is 9.59 Å². The summed E-state index contributed by atoms with van der Waals surface area (Å²) >= 11 is 0. The first-order chi connectivity index (χ1) is 11.5. The summed E-state index contributed by atoms with van der Waals surface area (Å²) < 4.78 is 5.20. The number of hydrogen-bond donors (Lipinski definition) is 1. The van der Waals surface area contributed by atoms with E-state index in [9.17, 15) is 9.59 Å². The van der Waals surface area contributed by atoms with Crippen molar-refractivity contribution in [1.82, 2.24) is 15.1 Å². The fourth-order valence-corrected chi connectivity index (χ4v) is 3.76. The van der Waals surface area contributed by atoms with Crippen LogP contribution in [0.4, 0.5) is 0 Å². The number of nitrogens with one attached hydrogen (secondary N) is 1. The Kier molecular flexibility index (Phi) is 4.76. The molecule has 2 amide bonds. The fraction of sp³-hybridized carbons (Fsp3) is 0.556. The Morgan fingerprint density at radius 1 is 1.33 bits per heavy atom. The predicted octanol–water partition coefficient (Wildman–Crippen LogP) is 1.03. The molecule has 2 aliphatic heterocycles. The van der Waals surface area contributed by atoms with Gasteiger partial charge in [-0.15, -0.1) is 0 Å². The normalized spacial score (nSPS) is 26.7. The van der Waals surface area contributed by atoms with E-state index in [-0.39, 0.29) is 36.2 Å². The molecule has 0 saturated carbocycles. The number of likely N-dealkylation sites (tertiary alicyclic amines) is 1. The van der Waals surface area contributed by atoms with Crippen LogP contribution in [0.3, 0.4) is 0 Å².